The minimum absolute atomic E-state index is 0.0313. The Hall–Kier alpha value is -2.37. The fourth-order valence-electron chi connectivity index (χ4n) is 10.7. The Labute approximate surface area is 499 Å². The number of piperidine rings is 2. The van der Waals surface area contributed by atoms with Gasteiger partial charge in [-0.15, -0.1) is 0 Å². The van der Waals surface area contributed by atoms with Gasteiger partial charge < -0.3 is 48.3 Å². The van der Waals surface area contributed by atoms with Crippen LogP contribution in [0, 0.1) is 5.41 Å². The van der Waals surface area contributed by atoms with Crippen LogP contribution in [0.3, 0.4) is 0 Å². The predicted octanol–water partition coefficient (Wildman–Crippen LogP) is 16.1. The molecule has 0 unspecified atom stereocenters. The van der Waals surface area contributed by atoms with Crippen LogP contribution in [-0.2, 0) is 37.9 Å². The van der Waals surface area contributed by atoms with Crippen molar-refractivity contribution in [3.8, 4) is 0 Å². The first-order chi connectivity index (χ1) is 40.0. The van der Waals surface area contributed by atoms with Crippen LogP contribution in [0.25, 0.3) is 0 Å². The summed E-state index contributed by atoms with van der Waals surface area (Å²) in [5, 5.41) is 23.5. The first-order valence-corrected chi connectivity index (χ1v) is 27.5. The average molecular weight is 1390 g/mol. The third-order valence-corrected chi connectivity index (χ3v) is 15.2. The van der Waals surface area contributed by atoms with Crippen molar-refractivity contribution in [3.63, 3.8) is 0 Å². The van der Waals surface area contributed by atoms with E-state index in [1.54, 1.807) is 55.4 Å². The number of alkyl halides is 27. The molecule has 0 amide bonds. The molecule has 0 aromatic carbocycles. The van der Waals surface area contributed by atoms with Crippen molar-refractivity contribution in [1.29, 1.82) is 0 Å². The third kappa shape index (κ3) is 19.7. The van der Waals surface area contributed by atoms with Crippen LogP contribution in [0.4, 0.5) is 119 Å². The van der Waals surface area contributed by atoms with Gasteiger partial charge in [0.25, 0.3) is 0 Å². The minimum Gasteiger partial charge on any atom is -0.378 e. The van der Waals surface area contributed by atoms with Crippen molar-refractivity contribution in [2.75, 3.05) is 66.1 Å². The molecule has 0 bridgehead atoms. The molecule has 39 heteroatoms. The number of hydrogen-bond acceptors (Lipinski definition) is 12. The zero-order chi connectivity index (χ0) is 70.5. The molecular weight excluding hydrogens is 1310 g/mol. The zero-order valence-electron chi connectivity index (χ0n) is 50.0. The molecule has 538 valence electrons. The largest absolute Gasteiger partial charge is 0.435 e. The molecule has 2 aliphatic rings. The Morgan fingerprint density at radius 3 is 0.722 bits per heavy atom. The number of hydroxylamine groups is 4. The second-order valence-electron chi connectivity index (χ2n) is 25.2. The highest BCUT2D eigenvalue weighted by atomic mass is 19.5. The van der Waals surface area contributed by atoms with E-state index in [0.29, 0.717) is 58.3 Å². The Kier molecular flexibility index (Phi) is 27.1. The summed E-state index contributed by atoms with van der Waals surface area (Å²) < 4.78 is 422. The number of rotatable bonds is 32. The van der Waals surface area contributed by atoms with E-state index < -0.39 is 158 Å². The molecule has 0 atom stereocenters. The van der Waals surface area contributed by atoms with Crippen LogP contribution in [0.15, 0.2) is 0 Å². The summed E-state index contributed by atoms with van der Waals surface area (Å²) >= 11 is 0. The lowest BCUT2D eigenvalue weighted by Gasteiger charge is -2.51. The van der Waals surface area contributed by atoms with Gasteiger partial charge in [-0.3, -0.25) is 0 Å². The van der Waals surface area contributed by atoms with Crippen molar-refractivity contribution < 1.29 is 167 Å². The molecule has 2 saturated heterocycles. The number of halogens is 27. The molecular formula is C51H75F27N2O10. The first kappa shape index (κ1) is 83.7. The van der Waals surface area contributed by atoms with Gasteiger partial charge in [0.2, 0.25) is 0 Å². The van der Waals surface area contributed by atoms with Gasteiger partial charge in [-0.25, -0.2) is 0 Å². The Balaban J connectivity index is 2.77. The van der Waals surface area contributed by atoms with E-state index in [1.165, 1.54) is 10.1 Å². The summed E-state index contributed by atoms with van der Waals surface area (Å²) in [6, 6.07) is 0. The Morgan fingerprint density at radius 2 is 0.511 bits per heavy atom. The summed E-state index contributed by atoms with van der Waals surface area (Å²) in [6.45, 7) is -3.77. The number of nitrogens with zero attached hydrogens (tertiary/aromatic N) is 2. The maximum absolute atomic E-state index is 14.2. The van der Waals surface area contributed by atoms with Gasteiger partial charge >= 0.3 is 72.4 Å². The van der Waals surface area contributed by atoms with Crippen molar-refractivity contribution in [3.05, 3.63) is 0 Å². The molecule has 2 rings (SSSR count). The quantitative estimate of drug-likeness (QED) is 0.0493. The highest BCUT2D eigenvalue weighted by Crippen LogP contribution is 2.60. The van der Waals surface area contributed by atoms with Gasteiger partial charge in [-0.1, -0.05) is 25.7 Å². The highest BCUT2D eigenvalue weighted by Gasteiger charge is 2.89. The molecule has 2 heterocycles. The molecule has 0 radical (unpaired) electrons. The molecule has 2 aliphatic heterocycles. The lowest BCUT2D eigenvalue weighted by Crippen LogP contribution is -2.71. The van der Waals surface area contributed by atoms with Crippen LogP contribution < -0.4 is 0 Å². The first-order valence-electron chi connectivity index (χ1n) is 27.5. The average Bonchev–Trinajstić information content (AvgIpc) is 0.735. The van der Waals surface area contributed by atoms with E-state index in [-0.39, 0.29) is 51.1 Å². The number of ether oxygens (including phenoxy) is 8. The second-order valence-corrected chi connectivity index (χ2v) is 25.2. The molecule has 0 aromatic heterocycles. The van der Waals surface area contributed by atoms with Crippen molar-refractivity contribution >= 4 is 0 Å². The van der Waals surface area contributed by atoms with Gasteiger partial charge in [0.1, 0.15) is 5.60 Å². The molecule has 90 heavy (non-hydrogen) atoms. The van der Waals surface area contributed by atoms with E-state index in [4.69, 9.17) is 23.7 Å². The smallest absolute Gasteiger partial charge is 0.378 e. The van der Waals surface area contributed by atoms with Crippen LogP contribution in [-0.4, -0.2) is 199 Å². The summed E-state index contributed by atoms with van der Waals surface area (Å²) in [5.41, 5.74) is -34.9. The van der Waals surface area contributed by atoms with Crippen LogP contribution >= 0.6 is 0 Å². The fraction of sp³-hybridized carbons (Fsp3) is 1.00. The summed E-state index contributed by atoms with van der Waals surface area (Å²) in [4.78, 5) is 0. The maximum atomic E-state index is 14.2. The van der Waals surface area contributed by atoms with E-state index in [9.17, 15) is 129 Å². The summed E-state index contributed by atoms with van der Waals surface area (Å²) in [5.74, 6) is 0. The minimum atomic E-state index is -8.12. The normalized spacial score (nSPS) is 19.9. The second kappa shape index (κ2) is 29.1. The molecule has 2 fully saturated rings. The van der Waals surface area contributed by atoms with E-state index >= 15 is 0 Å². The summed E-state index contributed by atoms with van der Waals surface area (Å²) in [7, 11) is 0. The highest BCUT2D eigenvalue weighted by molar-refractivity contribution is 5.07. The standard InChI is InChI=1S/C51H75F27N2O10/c1-34(2)22-32(23-35(3,4)79(34)81)85-20-16-12-10-14-18-83-26-38(9,27-84-19-15-11-13-17-21-86-33-24-36(5,6)80(82)37(7,8)25-33)87-28-39(29-88-40(43(52,53)54,44(55,56)57)45(58,59)60,30-89-41(46(61,62)63,47(64,65)66)48(67,68)69)31-90-42(49(70,71)72,50(73,74)75)51(76,77)78/h32-33,81-82H,10-31H2,1-9H3. The zero-order valence-corrected chi connectivity index (χ0v) is 50.0. The van der Waals surface area contributed by atoms with Gasteiger partial charge in [-0.05, 0) is 114 Å². The topological polar surface area (TPSA) is 121 Å². The molecule has 2 N–H and O–H groups in total. The van der Waals surface area contributed by atoms with E-state index in [2.05, 4.69) is 14.2 Å². The maximum Gasteiger partial charge on any atom is 0.435 e. The monoisotopic (exact) mass is 1390 g/mol. The predicted molar refractivity (Wildman–Crippen MR) is 257 cm³/mol. The third-order valence-electron chi connectivity index (χ3n) is 15.2. The Bertz CT molecular complexity index is 1850. The molecule has 0 spiro atoms. The number of hydrogen-bond donors (Lipinski definition) is 2. The van der Waals surface area contributed by atoms with Crippen molar-refractivity contribution in [2.45, 2.75) is 252 Å². The van der Waals surface area contributed by atoms with Crippen LogP contribution in [0.2, 0.25) is 0 Å². The molecule has 12 nitrogen and oxygen atoms in total. The molecule has 0 aromatic rings. The lowest BCUT2D eigenvalue weighted by atomic mass is 9.80. The van der Waals surface area contributed by atoms with Crippen LogP contribution in [0.1, 0.15) is 139 Å². The van der Waals surface area contributed by atoms with E-state index in [1.807, 2.05) is 0 Å². The lowest BCUT2D eigenvalue weighted by molar-refractivity contribution is -0.475. The SMILES string of the molecule is CC(COCCCCCCOC1CC(C)(C)N(O)C(C)(C)C1)(COCCCCCCOC1CC(C)(C)N(O)C(C)(C)C1)OCC(COC(C(F)(F)F)(C(F)(F)F)C(F)(F)F)(COC(C(F)(F)F)(C(F)(F)F)C(F)(F)F)COC(C(F)(F)F)(C(F)(F)F)C(F)(F)F. The van der Waals surface area contributed by atoms with E-state index in [0.717, 1.165) is 0 Å². The van der Waals surface area contributed by atoms with Gasteiger partial charge in [0.05, 0.1) is 57.3 Å². The van der Waals surface area contributed by atoms with Gasteiger partial charge in [0, 0.05) is 48.6 Å². The van der Waals surface area contributed by atoms with Crippen molar-refractivity contribution in [1.82, 2.24) is 10.1 Å². The van der Waals surface area contributed by atoms with Gasteiger partial charge in [0.15, 0.2) is 0 Å². The van der Waals surface area contributed by atoms with Crippen molar-refractivity contribution in [2.24, 2.45) is 5.41 Å². The van der Waals surface area contributed by atoms with Crippen LogP contribution in [0.5, 0.6) is 0 Å². The molecule has 0 saturated carbocycles. The fourth-order valence-corrected chi connectivity index (χ4v) is 10.7. The Morgan fingerprint density at radius 1 is 0.311 bits per heavy atom. The van der Waals surface area contributed by atoms with Gasteiger partial charge in [-0.2, -0.15) is 129 Å². The number of unbranched alkanes of at least 4 members (excludes halogenated alkanes) is 6. The molecule has 0 aliphatic carbocycles. The summed E-state index contributed by atoms with van der Waals surface area (Å²) in [6.07, 6.45) is -70.4.